The van der Waals surface area contributed by atoms with Crippen LogP contribution >= 0.6 is 11.3 Å². The summed E-state index contributed by atoms with van der Waals surface area (Å²) in [5.74, 6) is -0.123. The summed E-state index contributed by atoms with van der Waals surface area (Å²) in [7, 11) is 0. The minimum atomic E-state index is -0.123. The second-order valence-corrected chi connectivity index (χ2v) is 5.55. The van der Waals surface area contributed by atoms with E-state index in [-0.39, 0.29) is 11.9 Å². The molecule has 19 heavy (non-hydrogen) atoms. The molecule has 2 aromatic rings. The number of nitrogens with two attached hydrogens (primary N) is 1. The van der Waals surface area contributed by atoms with E-state index >= 15 is 0 Å². The van der Waals surface area contributed by atoms with Crippen molar-refractivity contribution in [3.8, 4) is 0 Å². The maximum Gasteiger partial charge on any atom is 0.263 e. The Labute approximate surface area is 116 Å². The Bertz CT molecular complexity index is 606. The number of carbonyl (C=O) groups excluding carboxylic acids is 1. The molecule has 3 N–H and O–H groups in total. The van der Waals surface area contributed by atoms with Crippen LogP contribution in [0.5, 0.6) is 0 Å². The molecule has 1 atom stereocenters. The summed E-state index contributed by atoms with van der Waals surface area (Å²) in [6.07, 6.45) is 0. The van der Waals surface area contributed by atoms with Crippen molar-refractivity contribution in [2.75, 3.05) is 5.73 Å². The minimum absolute atomic E-state index is 0.0450. The lowest BCUT2D eigenvalue weighted by Crippen LogP contribution is -2.26. The summed E-state index contributed by atoms with van der Waals surface area (Å²) < 4.78 is 0. The van der Waals surface area contributed by atoms with Crippen molar-refractivity contribution < 1.29 is 4.79 Å². The van der Waals surface area contributed by atoms with E-state index in [1.54, 1.807) is 6.92 Å². The van der Waals surface area contributed by atoms with Gasteiger partial charge in [-0.05, 0) is 31.9 Å². The average Bonchev–Trinajstić information content (AvgIpc) is 2.69. The number of carbonyl (C=O) groups is 1. The number of thiazole rings is 1. The van der Waals surface area contributed by atoms with Crippen LogP contribution in [0, 0.1) is 13.8 Å². The molecule has 0 saturated carbocycles. The summed E-state index contributed by atoms with van der Waals surface area (Å²) in [6.45, 7) is 5.80. The van der Waals surface area contributed by atoms with E-state index in [0.717, 1.165) is 11.1 Å². The number of hydrogen-bond acceptors (Lipinski definition) is 4. The van der Waals surface area contributed by atoms with Crippen LogP contribution in [-0.2, 0) is 0 Å². The number of amides is 1. The van der Waals surface area contributed by atoms with Gasteiger partial charge in [-0.15, -0.1) is 0 Å². The van der Waals surface area contributed by atoms with Crippen LogP contribution in [0.15, 0.2) is 24.3 Å². The molecule has 4 nitrogen and oxygen atoms in total. The number of hydrogen-bond donors (Lipinski definition) is 2. The first kappa shape index (κ1) is 13.5. The van der Waals surface area contributed by atoms with Gasteiger partial charge in [0.05, 0.1) is 11.7 Å². The molecule has 0 unspecified atom stereocenters. The van der Waals surface area contributed by atoms with Crippen LogP contribution in [0.1, 0.15) is 39.5 Å². The van der Waals surface area contributed by atoms with Crippen molar-refractivity contribution in [1.82, 2.24) is 10.3 Å². The quantitative estimate of drug-likeness (QED) is 0.905. The third-order valence-corrected chi connectivity index (χ3v) is 4.01. The van der Waals surface area contributed by atoms with Crippen LogP contribution in [0.25, 0.3) is 0 Å². The van der Waals surface area contributed by atoms with Crippen molar-refractivity contribution in [2.24, 2.45) is 0 Å². The molecule has 0 saturated heterocycles. The zero-order chi connectivity index (χ0) is 14.0. The molecular weight excluding hydrogens is 258 g/mol. The second-order valence-electron chi connectivity index (χ2n) is 4.52. The molecule has 0 bridgehead atoms. The number of anilines is 1. The second kappa shape index (κ2) is 5.40. The van der Waals surface area contributed by atoms with Crippen LogP contribution in [-0.4, -0.2) is 10.9 Å². The van der Waals surface area contributed by atoms with Crippen molar-refractivity contribution in [3.63, 3.8) is 0 Å². The van der Waals surface area contributed by atoms with Crippen molar-refractivity contribution in [1.29, 1.82) is 0 Å². The van der Waals surface area contributed by atoms with Crippen molar-refractivity contribution in [2.45, 2.75) is 26.8 Å². The first-order chi connectivity index (χ1) is 8.99. The summed E-state index contributed by atoms with van der Waals surface area (Å²) in [5.41, 5.74) is 8.57. The summed E-state index contributed by atoms with van der Waals surface area (Å²) in [4.78, 5) is 16.8. The number of aromatic nitrogens is 1. The number of rotatable bonds is 3. The topological polar surface area (TPSA) is 68.0 Å². The molecule has 0 aliphatic carbocycles. The van der Waals surface area contributed by atoms with Crippen LogP contribution in [0.3, 0.4) is 0 Å². The molecular formula is C14H17N3OS. The average molecular weight is 275 g/mol. The third kappa shape index (κ3) is 2.93. The smallest absolute Gasteiger partial charge is 0.263 e. The highest BCUT2D eigenvalue weighted by Crippen LogP contribution is 2.22. The molecule has 0 fully saturated rings. The van der Waals surface area contributed by atoms with Gasteiger partial charge >= 0.3 is 0 Å². The predicted molar refractivity (Wildman–Crippen MR) is 78.3 cm³/mol. The van der Waals surface area contributed by atoms with Crippen LogP contribution in [0.4, 0.5) is 5.13 Å². The number of benzene rings is 1. The first-order valence-electron chi connectivity index (χ1n) is 6.08. The molecule has 0 aliphatic rings. The van der Waals surface area contributed by atoms with E-state index in [9.17, 15) is 4.79 Å². The van der Waals surface area contributed by atoms with Crippen molar-refractivity contribution >= 4 is 22.4 Å². The summed E-state index contributed by atoms with van der Waals surface area (Å²) in [5, 5.41) is 3.41. The van der Waals surface area contributed by atoms with Gasteiger partial charge < -0.3 is 11.1 Å². The lowest BCUT2D eigenvalue weighted by Gasteiger charge is -2.16. The number of aryl methyl sites for hydroxylation is 2. The van der Waals surface area contributed by atoms with Gasteiger partial charge in [0.15, 0.2) is 5.13 Å². The zero-order valence-corrected chi connectivity index (χ0v) is 12.0. The number of nitrogens with one attached hydrogen (secondary N) is 1. The summed E-state index contributed by atoms with van der Waals surface area (Å²) in [6, 6.07) is 7.97. The first-order valence-corrected chi connectivity index (χ1v) is 6.90. The Morgan fingerprint density at radius 2 is 2.05 bits per heavy atom. The summed E-state index contributed by atoms with van der Waals surface area (Å²) >= 11 is 1.22. The highest BCUT2D eigenvalue weighted by atomic mass is 32.1. The maximum absolute atomic E-state index is 12.2. The Morgan fingerprint density at radius 3 is 2.63 bits per heavy atom. The lowest BCUT2D eigenvalue weighted by molar-refractivity contribution is 0.0943. The SMILES string of the molecule is Cc1ccccc1[C@@H](C)NC(=O)c1sc(N)nc1C. The molecule has 0 aliphatic heterocycles. The largest absolute Gasteiger partial charge is 0.375 e. The zero-order valence-electron chi connectivity index (χ0n) is 11.2. The van der Waals surface area contributed by atoms with Gasteiger partial charge in [0.1, 0.15) is 4.88 Å². The van der Waals surface area contributed by atoms with Crippen molar-refractivity contribution in [3.05, 3.63) is 46.0 Å². The van der Waals surface area contributed by atoms with Gasteiger partial charge in [0.25, 0.3) is 5.91 Å². The highest BCUT2D eigenvalue weighted by Gasteiger charge is 2.17. The molecule has 0 spiro atoms. The van der Waals surface area contributed by atoms with Gasteiger partial charge in [0, 0.05) is 0 Å². The van der Waals surface area contributed by atoms with Crippen LogP contribution < -0.4 is 11.1 Å². The van der Waals surface area contributed by atoms with Gasteiger partial charge in [-0.2, -0.15) is 0 Å². The molecule has 1 amide bonds. The lowest BCUT2D eigenvalue weighted by atomic mass is 10.0. The molecule has 1 aromatic heterocycles. The number of nitrogens with zero attached hydrogens (tertiary/aromatic N) is 1. The molecule has 5 heteroatoms. The Hall–Kier alpha value is -1.88. The highest BCUT2D eigenvalue weighted by molar-refractivity contribution is 7.17. The van der Waals surface area contributed by atoms with Gasteiger partial charge in [-0.3, -0.25) is 4.79 Å². The Balaban J connectivity index is 2.15. The normalized spacial score (nSPS) is 12.2. The van der Waals surface area contributed by atoms with Gasteiger partial charge in [0.2, 0.25) is 0 Å². The van der Waals surface area contributed by atoms with E-state index in [0.29, 0.717) is 15.7 Å². The van der Waals surface area contributed by atoms with Crippen LogP contribution in [0.2, 0.25) is 0 Å². The van der Waals surface area contributed by atoms with E-state index in [1.807, 2.05) is 38.1 Å². The Morgan fingerprint density at radius 1 is 1.37 bits per heavy atom. The fourth-order valence-corrected chi connectivity index (χ4v) is 2.78. The fraction of sp³-hybridized carbons (Fsp3) is 0.286. The molecule has 2 rings (SSSR count). The Kier molecular flexibility index (Phi) is 3.85. The van der Waals surface area contributed by atoms with Gasteiger partial charge in [-0.1, -0.05) is 35.6 Å². The van der Waals surface area contributed by atoms with E-state index in [2.05, 4.69) is 10.3 Å². The standard InChI is InChI=1S/C14H17N3OS/c1-8-6-4-5-7-11(8)9(2)16-13(18)12-10(3)17-14(15)19-12/h4-7,9H,1-3H3,(H2,15,17)(H,16,18)/t9-/m1/s1. The fourth-order valence-electron chi connectivity index (χ4n) is 2.04. The van der Waals surface area contributed by atoms with Gasteiger partial charge in [-0.25, -0.2) is 4.98 Å². The number of nitrogen functional groups attached to an aromatic ring is 1. The molecule has 1 heterocycles. The third-order valence-electron chi connectivity index (χ3n) is 3.02. The molecule has 1 aromatic carbocycles. The molecule has 0 radical (unpaired) electrons. The van der Waals surface area contributed by atoms with E-state index < -0.39 is 0 Å². The predicted octanol–water partition coefficient (Wildman–Crippen LogP) is 2.83. The molecule has 100 valence electrons. The maximum atomic E-state index is 12.2. The van der Waals surface area contributed by atoms with E-state index in [4.69, 9.17) is 5.73 Å². The monoisotopic (exact) mass is 275 g/mol. The minimum Gasteiger partial charge on any atom is -0.375 e. The van der Waals surface area contributed by atoms with E-state index in [1.165, 1.54) is 11.3 Å².